The van der Waals surface area contributed by atoms with Crippen molar-refractivity contribution in [3.8, 4) is 6.07 Å². The highest BCUT2D eigenvalue weighted by Crippen LogP contribution is 2.43. The van der Waals surface area contributed by atoms with E-state index in [1.54, 1.807) is 38.1 Å². The van der Waals surface area contributed by atoms with Crippen LogP contribution < -0.4 is 0 Å². The lowest BCUT2D eigenvalue weighted by Crippen LogP contribution is -2.44. The van der Waals surface area contributed by atoms with Crippen LogP contribution in [0.5, 0.6) is 0 Å². The summed E-state index contributed by atoms with van der Waals surface area (Å²) in [6, 6.07) is 27.1. The highest BCUT2D eigenvalue weighted by Gasteiger charge is 2.44. The van der Waals surface area contributed by atoms with Gasteiger partial charge in [-0.25, -0.2) is 18.2 Å². The third-order valence-corrected chi connectivity index (χ3v) is 19.2. The van der Waals surface area contributed by atoms with Crippen LogP contribution in [0.4, 0.5) is 51.2 Å². The van der Waals surface area contributed by atoms with Crippen LogP contribution in [0.25, 0.3) is 0 Å². The van der Waals surface area contributed by atoms with E-state index >= 15 is 0 Å². The molecule has 6 aromatic carbocycles. The Morgan fingerprint density at radius 3 is 1.41 bits per heavy atom. The Balaban J connectivity index is 0.000000234. The number of hydrogen-bond acceptors (Lipinski definition) is 30. The summed E-state index contributed by atoms with van der Waals surface area (Å²) in [6.07, 6.45) is 3.54. The summed E-state index contributed by atoms with van der Waals surface area (Å²) in [4.78, 5) is 183. The first kappa shape index (κ1) is 83.8. The molecule has 3 atom stereocenters. The molecule has 111 heavy (non-hydrogen) atoms. The zero-order valence-corrected chi connectivity index (χ0v) is 59.2. The van der Waals surface area contributed by atoms with Crippen LogP contribution in [-0.2, 0) is 48.2 Å². The molecule has 0 N–H and O–H groups in total. The summed E-state index contributed by atoms with van der Waals surface area (Å²) in [5.41, 5.74) is -7.54. The number of hydroxylamine groups is 2. The molecule has 4 amide bonds. The van der Waals surface area contributed by atoms with E-state index in [-0.39, 0.29) is 77.4 Å². The number of hydrogen-bond donors (Lipinski definition) is 0. The third-order valence-electron chi connectivity index (χ3n) is 17.4. The van der Waals surface area contributed by atoms with Gasteiger partial charge in [0.2, 0.25) is 21.7 Å². The minimum absolute atomic E-state index is 0.000289. The number of likely N-dealkylation sites (tertiary alicyclic amines) is 1. The molecule has 0 spiro atoms. The number of imide groups is 1. The first-order chi connectivity index (χ1) is 52.6. The predicted molar refractivity (Wildman–Crippen MR) is 378 cm³/mol. The fraction of sp³-hybridized carbons (Fsp3) is 0.294. The Morgan fingerprint density at radius 1 is 0.532 bits per heavy atom. The molecule has 2 fully saturated rings. The van der Waals surface area contributed by atoms with Gasteiger partial charge in [-0.1, -0.05) is 56.5 Å². The zero-order chi connectivity index (χ0) is 81.9. The molecule has 2 saturated heterocycles. The Kier molecular flexibility index (Phi) is 28.1. The van der Waals surface area contributed by atoms with Crippen LogP contribution in [0.15, 0.2) is 149 Å². The number of non-ortho nitro benzene ring substituents is 4. The first-order valence-corrected chi connectivity index (χ1v) is 34.6. The summed E-state index contributed by atoms with van der Waals surface area (Å²) in [5, 5.41) is 113. The van der Waals surface area contributed by atoms with Gasteiger partial charge in [0.15, 0.2) is 0 Å². The number of carbonyl (C=O) groups excluding carboxylic acids is 6. The standard InChI is InChI=1S/C24H23N3O7S.C23H19N7O13.C21H20N4O8/c1-3-25(4-2)24(28)23(21-15-12-18(26(29)30)16-22(21)27(31)32)17-10-13-20(14-11-17)35(33,34)19-8-6-5-7-9-19;31-18-3-4-19(32)26(18)43-23(34)12-5-7-25(8-6-12)22(33)20(15-2-1-13(27(35)36)9-16(15)29(39)40)21-17(30(41)42)10-14(11-24-21)28(37)38;1-2-3-4-5-10-33-21(26)20(17-8-6-15(23(27)28)11-14(17)13-22)18-9-7-16(24(29)30)12-19(18)25(31)32/h5-16,23H,3-4H2,1-2H3;1-2,9-12,20H,3-8H2;6-9,11-12,20H,2-5,10H2,1H3. The number of aromatic nitrogens is 1. The Labute approximate surface area is 624 Å². The number of amides is 4. The van der Waals surface area contributed by atoms with Gasteiger partial charge < -0.3 is 19.4 Å². The molecule has 3 unspecified atom stereocenters. The normalized spacial score (nSPS) is 13.4. The lowest BCUT2D eigenvalue weighted by atomic mass is 9.87. The number of ether oxygens (including phenoxy) is 1. The summed E-state index contributed by atoms with van der Waals surface area (Å²) >= 11 is 0. The largest absolute Gasteiger partial charge is 0.465 e. The number of nitriles is 1. The quantitative estimate of drug-likeness (QED) is 0.0138. The first-order valence-electron chi connectivity index (χ1n) is 33.1. The van der Waals surface area contributed by atoms with Crippen LogP contribution in [0.3, 0.4) is 0 Å². The maximum Gasteiger partial charge on any atom is 0.336 e. The highest BCUT2D eigenvalue weighted by atomic mass is 32.2. The second kappa shape index (κ2) is 37.2. The van der Waals surface area contributed by atoms with Gasteiger partial charge in [0.05, 0.1) is 108 Å². The molecule has 0 bridgehead atoms. The number of likely N-dealkylation sites (N-methyl/N-ethyl adjacent to an activating group) is 1. The van der Waals surface area contributed by atoms with E-state index in [9.17, 15) is 133 Å². The SMILES string of the molecule is CCCCCCOC(=O)C(c1ccc([N+](=O)[O-])cc1C#N)c1ccc([N+](=O)[O-])cc1[N+](=O)[O-].CCN(CC)C(=O)C(c1ccc(S(=O)(=O)c2ccccc2)cc1)c1ccc([N+](=O)[O-])cc1[N+](=O)[O-].O=C(ON1C(=O)CCC1=O)C1CCN(C(=O)C(c2ccc([N+](=O)[O-])cc2[N+](=O)[O-])c2ncc([N+](=O)[O-])cc2[N+](=O)[O-])CC1. The van der Waals surface area contributed by atoms with Gasteiger partial charge in [-0.15, -0.1) is 5.06 Å². The van der Waals surface area contributed by atoms with E-state index in [1.807, 2.05) is 6.92 Å². The average molecular weight is 1560 g/mol. The maximum absolute atomic E-state index is 13.9. The number of nitro benzene ring substituents is 7. The maximum atomic E-state index is 13.9. The van der Waals surface area contributed by atoms with Crippen LogP contribution >= 0.6 is 0 Å². The Hall–Kier alpha value is -14.5. The Morgan fingerprint density at radius 2 is 0.964 bits per heavy atom. The number of carbonyl (C=O) groups is 6. The summed E-state index contributed by atoms with van der Waals surface area (Å²) in [7, 11) is -3.81. The zero-order valence-electron chi connectivity index (χ0n) is 58.4. The van der Waals surface area contributed by atoms with Crippen LogP contribution in [0.2, 0.25) is 0 Å². The molecule has 7 aromatic rings. The number of nitro groups is 9. The number of esters is 1. The number of nitrogens with zero attached hydrogens (tertiary/aromatic N) is 14. The lowest BCUT2D eigenvalue weighted by Gasteiger charge is -2.33. The van der Waals surface area contributed by atoms with Gasteiger partial charge in [-0.3, -0.25) is 115 Å². The van der Waals surface area contributed by atoms with Crippen molar-refractivity contribution in [3.63, 3.8) is 0 Å². The van der Waals surface area contributed by atoms with Gasteiger partial charge >= 0.3 is 11.9 Å². The molecule has 2 aliphatic rings. The summed E-state index contributed by atoms with van der Waals surface area (Å²) < 4.78 is 31.2. The Bertz CT molecular complexity index is 4960. The van der Waals surface area contributed by atoms with E-state index in [4.69, 9.17) is 9.57 Å². The molecule has 42 nitrogen and oxygen atoms in total. The van der Waals surface area contributed by atoms with Crippen LogP contribution in [0, 0.1) is 108 Å². The molecule has 0 aliphatic carbocycles. The van der Waals surface area contributed by atoms with Crippen molar-refractivity contribution in [2.75, 3.05) is 32.8 Å². The fourth-order valence-corrected chi connectivity index (χ4v) is 13.0. The van der Waals surface area contributed by atoms with Crippen molar-refractivity contribution in [2.24, 2.45) is 5.92 Å². The number of pyridine rings is 1. The molecule has 3 heterocycles. The van der Waals surface area contributed by atoms with E-state index in [1.165, 1.54) is 47.4 Å². The van der Waals surface area contributed by atoms with Gasteiger partial charge in [-0.2, -0.15) is 5.26 Å². The average Bonchev–Trinajstić information content (AvgIpc) is 1.23. The molecular weight excluding hydrogens is 1490 g/mol. The molecule has 43 heteroatoms. The molecule has 0 saturated carbocycles. The smallest absolute Gasteiger partial charge is 0.336 e. The number of rotatable bonds is 29. The topological polar surface area (TPSA) is 590 Å². The minimum atomic E-state index is -3.81. The number of piperidine rings is 1. The lowest BCUT2D eigenvalue weighted by molar-refractivity contribution is -0.395. The van der Waals surface area contributed by atoms with Crippen molar-refractivity contribution in [1.29, 1.82) is 5.26 Å². The van der Waals surface area contributed by atoms with Crippen LogP contribution in [0.1, 0.15) is 129 Å². The number of unbranched alkanes of at least 4 members (excludes halogenated alkanes) is 3. The molecular formula is C68H62N14O28S. The van der Waals surface area contributed by atoms with E-state index in [0.29, 0.717) is 54.5 Å². The molecule has 2 aliphatic heterocycles. The van der Waals surface area contributed by atoms with Gasteiger partial charge in [0.25, 0.3) is 63.0 Å². The number of sulfone groups is 1. The second-order valence-electron chi connectivity index (χ2n) is 24.0. The summed E-state index contributed by atoms with van der Waals surface area (Å²) in [6.45, 7) is 5.88. The van der Waals surface area contributed by atoms with Crippen molar-refractivity contribution in [2.45, 2.75) is 99.7 Å². The molecule has 9 rings (SSSR count). The second-order valence-corrected chi connectivity index (χ2v) is 26.0. The van der Waals surface area contributed by atoms with Crippen molar-refractivity contribution >= 4 is 96.6 Å². The van der Waals surface area contributed by atoms with Gasteiger partial charge in [0.1, 0.15) is 23.7 Å². The van der Waals surface area contributed by atoms with Crippen LogP contribution in [-0.4, -0.2) is 141 Å². The number of benzene rings is 6. The van der Waals surface area contributed by atoms with Crippen molar-refractivity contribution in [1.82, 2.24) is 19.8 Å². The predicted octanol–water partition coefficient (Wildman–Crippen LogP) is 10.6. The summed E-state index contributed by atoms with van der Waals surface area (Å²) in [5.74, 6) is -10.0. The highest BCUT2D eigenvalue weighted by molar-refractivity contribution is 7.91. The molecule has 1 aromatic heterocycles. The van der Waals surface area contributed by atoms with E-state index in [2.05, 4.69) is 4.98 Å². The molecule has 578 valence electrons. The van der Waals surface area contributed by atoms with Crippen molar-refractivity contribution in [3.05, 3.63) is 270 Å². The van der Waals surface area contributed by atoms with E-state index in [0.717, 1.165) is 78.8 Å². The van der Waals surface area contributed by atoms with Gasteiger partial charge in [-0.05, 0) is 92.8 Å². The monoisotopic (exact) mass is 1550 g/mol. The van der Waals surface area contributed by atoms with Crippen molar-refractivity contribution < 1.29 is 91.1 Å². The molecule has 0 radical (unpaired) electrons. The fourth-order valence-electron chi connectivity index (χ4n) is 11.8. The van der Waals surface area contributed by atoms with E-state index < -0.39 is 176 Å². The minimum Gasteiger partial charge on any atom is -0.465 e. The van der Waals surface area contributed by atoms with Gasteiger partial charge in [0, 0.05) is 86.0 Å². The third kappa shape index (κ3) is 20.0.